The third-order valence-electron chi connectivity index (χ3n) is 2.58. The quantitative estimate of drug-likeness (QED) is 0.830. The van der Waals surface area contributed by atoms with Gasteiger partial charge in [-0.3, -0.25) is 4.79 Å². The highest BCUT2D eigenvalue weighted by atomic mass is 35.5. The predicted octanol–water partition coefficient (Wildman–Crippen LogP) is 0.770. The summed E-state index contributed by atoms with van der Waals surface area (Å²) < 4.78 is 39.0. The van der Waals surface area contributed by atoms with Gasteiger partial charge in [0, 0.05) is 26.2 Å². The largest absolute Gasteiger partial charge is 0.396 e. The fraction of sp³-hybridized carbons (Fsp3) is 0.364. The molecule has 0 aromatic heterocycles. The Balaban J connectivity index is 3.21. The first kappa shape index (κ1) is 16.7. The van der Waals surface area contributed by atoms with Crippen LogP contribution in [0.1, 0.15) is 0 Å². The van der Waals surface area contributed by atoms with Gasteiger partial charge in [-0.1, -0.05) is 11.6 Å². The number of nitrogens with two attached hydrogens (primary N) is 1. The van der Waals surface area contributed by atoms with Crippen molar-refractivity contribution in [1.82, 2.24) is 9.21 Å². The van der Waals surface area contributed by atoms with Gasteiger partial charge in [-0.2, -0.15) is 4.31 Å². The van der Waals surface area contributed by atoms with E-state index in [4.69, 9.17) is 17.3 Å². The summed E-state index contributed by atoms with van der Waals surface area (Å²) in [5.41, 5.74) is 4.98. The summed E-state index contributed by atoms with van der Waals surface area (Å²) >= 11 is 5.68. The average molecular weight is 324 g/mol. The van der Waals surface area contributed by atoms with Crippen molar-refractivity contribution < 1.29 is 17.6 Å². The van der Waals surface area contributed by atoms with Crippen LogP contribution in [0.2, 0.25) is 5.02 Å². The third-order valence-corrected chi connectivity index (χ3v) is 4.60. The lowest BCUT2D eigenvalue weighted by molar-refractivity contribution is -0.128. The number of amides is 1. The molecule has 0 fully saturated rings. The molecule has 20 heavy (non-hydrogen) atoms. The minimum Gasteiger partial charge on any atom is -0.396 e. The van der Waals surface area contributed by atoms with Crippen LogP contribution in [0.15, 0.2) is 17.0 Å². The number of hydrogen-bond donors (Lipinski definition) is 1. The van der Waals surface area contributed by atoms with Crippen molar-refractivity contribution in [2.45, 2.75) is 4.90 Å². The Bertz CT molecular complexity index is 634. The second kappa shape index (κ2) is 5.94. The fourth-order valence-corrected chi connectivity index (χ4v) is 2.88. The summed E-state index contributed by atoms with van der Waals surface area (Å²) in [5, 5.41) is -0.00480. The molecule has 0 spiro atoms. The predicted molar refractivity (Wildman–Crippen MR) is 74.3 cm³/mol. The molecule has 1 amide bonds. The maximum absolute atomic E-state index is 13.8. The zero-order chi connectivity index (χ0) is 15.7. The lowest BCUT2D eigenvalue weighted by Gasteiger charge is -2.19. The van der Waals surface area contributed by atoms with Crippen molar-refractivity contribution >= 4 is 33.2 Å². The van der Waals surface area contributed by atoms with Gasteiger partial charge >= 0.3 is 0 Å². The smallest absolute Gasteiger partial charge is 0.246 e. The first-order valence-corrected chi connectivity index (χ1v) is 7.30. The van der Waals surface area contributed by atoms with Crippen molar-refractivity contribution in [3.8, 4) is 0 Å². The number of benzene rings is 1. The molecule has 0 saturated heterocycles. The van der Waals surface area contributed by atoms with Crippen LogP contribution >= 0.6 is 11.6 Å². The fourth-order valence-electron chi connectivity index (χ4n) is 1.36. The van der Waals surface area contributed by atoms with E-state index in [-0.39, 0.29) is 10.7 Å². The summed E-state index contributed by atoms with van der Waals surface area (Å²) in [4.78, 5) is 12.1. The maximum Gasteiger partial charge on any atom is 0.246 e. The van der Waals surface area contributed by atoms with Gasteiger partial charge in [0.2, 0.25) is 15.9 Å². The first-order chi connectivity index (χ1) is 9.07. The van der Waals surface area contributed by atoms with Gasteiger partial charge in [0.25, 0.3) is 0 Å². The monoisotopic (exact) mass is 323 g/mol. The number of nitrogen functional groups attached to an aromatic ring is 1. The summed E-state index contributed by atoms with van der Waals surface area (Å²) in [7, 11) is -0.0493. The van der Waals surface area contributed by atoms with Crippen molar-refractivity contribution in [2.24, 2.45) is 0 Å². The van der Waals surface area contributed by atoms with Gasteiger partial charge in [-0.15, -0.1) is 0 Å². The van der Waals surface area contributed by atoms with Gasteiger partial charge in [0.15, 0.2) is 5.82 Å². The highest BCUT2D eigenvalue weighted by Gasteiger charge is 2.28. The number of carbonyl (C=O) groups excluding carboxylic acids is 1. The van der Waals surface area contributed by atoms with E-state index in [9.17, 15) is 17.6 Å². The Kier molecular flexibility index (Phi) is 4.95. The Morgan fingerprint density at radius 3 is 2.40 bits per heavy atom. The van der Waals surface area contributed by atoms with E-state index >= 15 is 0 Å². The zero-order valence-electron chi connectivity index (χ0n) is 11.2. The number of halogens is 2. The summed E-state index contributed by atoms with van der Waals surface area (Å²) in [5.74, 6) is -1.52. The maximum atomic E-state index is 13.8. The molecule has 9 heteroatoms. The van der Waals surface area contributed by atoms with Crippen LogP contribution in [-0.4, -0.2) is 51.2 Å². The standard InChI is InChI=1S/C11H15ClFN3O3S/c1-15(2)10(17)6-16(3)20(18,19)9-5-7(12)4-8(14)11(9)13/h4-5H,6,14H2,1-3H3. The highest BCUT2D eigenvalue weighted by Crippen LogP contribution is 2.27. The second-order valence-electron chi connectivity index (χ2n) is 4.36. The van der Waals surface area contributed by atoms with E-state index < -0.39 is 33.2 Å². The number of hydrogen-bond acceptors (Lipinski definition) is 4. The second-order valence-corrected chi connectivity index (χ2v) is 6.81. The molecule has 0 saturated carbocycles. The Morgan fingerprint density at radius 2 is 1.90 bits per heavy atom. The first-order valence-electron chi connectivity index (χ1n) is 5.48. The normalized spacial score (nSPS) is 11.7. The van der Waals surface area contributed by atoms with E-state index in [2.05, 4.69) is 0 Å². The van der Waals surface area contributed by atoms with Gasteiger partial charge < -0.3 is 10.6 Å². The van der Waals surface area contributed by atoms with Gasteiger partial charge in [0.05, 0.1) is 12.2 Å². The zero-order valence-corrected chi connectivity index (χ0v) is 12.8. The van der Waals surface area contributed by atoms with E-state index in [0.717, 1.165) is 16.4 Å². The van der Waals surface area contributed by atoms with Crippen LogP contribution < -0.4 is 5.73 Å². The SMILES string of the molecule is CN(C)C(=O)CN(C)S(=O)(=O)c1cc(Cl)cc(N)c1F. The minimum absolute atomic E-state index is 0.00480. The molecule has 0 radical (unpaired) electrons. The van der Waals surface area contributed by atoms with Crippen molar-refractivity contribution in [1.29, 1.82) is 0 Å². The topological polar surface area (TPSA) is 83.7 Å². The molecule has 1 rings (SSSR count). The molecule has 1 aromatic rings. The number of anilines is 1. The molecule has 0 heterocycles. The lowest BCUT2D eigenvalue weighted by Crippen LogP contribution is -2.38. The molecule has 0 bridgehead atoms. The number of nitrogens with zero attached hydrogens (tertiary/aromatic N) is 2. The number of sulfonamides is 1. The molecule has 112 valence electrons. The van der Waals surface area contributed by atoms with E-state index in [1.54, 1.807) is 0 Å². The van der Waals surface area contributed by atoms with Crippen molar-refractivity contribution in [2.75, 3.05) is 33.4 Å². The number of carbonyl (C=O) groups is 1. The minimum atomic E-state index is -4.20. The summed E-state index contributed by atoms with van der Waals surface area (Å²) in [6.45, 7) is -0.415. The summed E-state index contributed by atoms with van der Waals surface area (Å²) in [6.07, 6.45) is 0. The van der Waals surface area contributed by atoms with Gasteiger partial charge in [-0.25, -0.2) is 12.8 Å². The molecule has 1 aromatic carbocycles. The Labute approximate surface area is 122 Å². The summed E-state index contributed by atoms with van der Waals surface area (Å²) in [6, 6.07) is 2.07. The van der Waals surface area contributed by atoms with Crippen LogP contribution in [0, 0.1) is 5.82 Å². The van der Waals surface area contributed by atoms with Gasteiger partial charge in [0.1, 0.15) is 4.90 Å². The van der Waals surface area contributed by atoms with Crippen LogP contribution in [0.3, 0.4) is 0 Å². The highest BCUT2D eigenvalue weighted by molar-refractivity contribution is 7.89. The van der Waals surface area contributed by atoms with Crippen LogP contribution in [0.5, 0.6) is 0 Å². The van der Waals surface area contributed by atoms with Gasteiger partial charge in [-0.05, 0) is 12.1 Å². The molecule has 0 unspecified atom stereocenters. The van der Waals surface area contributed by atoms with Crippen molar-refractivity contribution in [3.05, 3.63) is 23.0 Å². The van der Waals surface area contributed by atoms with Crippen LogP contribution in [-0.2, 0) is 14.8 Å². The molecule has 6 nitrogen and oxygen atoms in total. The molecule has 0 atom stereocenters. The van der Waals surface area contributed by atoms with E-state index in [1.165, 1.54) is 26.0 Å². The molecule has 2 N–H and O–H groups in total. The van der Waals surface area contributed by atoms with Crippen LogP contribution in [0.4, 0.5) is 10.1 Å². The third kappa shape index (κ3) is 3.38. The number of likely N-dealkylation sites (N-methyl/N-ethyl adjacent to an activating group) is 2. The van der Waals surface area contributed by atoms with E-state index in [1.807, 2.05) is 0 Å². The van der Waals surface area contributed by atoms with Crippen molar-refractivity contribution in [3.63, 3.8) is 0 Å². The molecule has 0 aliphatic carbocycles. The average Bonchev–Trinajstić information content (AvgIpc) is 2.33. The van der Waals surface area contributed by atoms with E-state index in [0.29, 0.717) is 0 Å². The lowest BCUT2D eigenvalue weighted by atomic mass is 10.3. The molecular weight excluding hydrogens is 309 g/mol. The Hall–Kier alpha value is -1.38. The molecule has 0 aliphatic rings. The Morgan fingerprint density at radius 1 is 1.35 bits per heavy atom. The van der Waals surface area contributed by atoms with Crippen LogP contribution in [0.25, 0.3) is 0 Å². The number of rotatable bonds is 4. The molecular formula is C11H15ClFN3O3S. The molecule has 0 aliphatic heterocycles.